The molecule has 1 aliphatic carbocycles. The fourth-order valence-corrected chi connectivity index (χ4v) is 5.83. The van der Waals surface area contributed by atoms with Gasteiger partial charge in [-0.1, -0.05) is 73.9 Å². The Hall–Kier alpha value is -3.59. The number of fused-ring (bicyclic) bond motifs is 6. The minimum absolute atomic E-state index is 0.533. The Morgan fingerprint density at radius 2 is 1.22 bits per heavy atom. The third-order valence-corrected chi connectivity index (χ3v) is 7.27. The molecule has 3 aromatic heterocycles. The number of rotatable bonds is 2. The third kappa shape index (κ3) is 2.51. The van der Waals surface area contributed by atoms with Gasteiger partial charge in [0, 0.05) is 33.3 Å². The van der Waals surface area contributed by atoms with Crippen molar-refractivity contribution in [2.45, 2.75) is 38.1 Å². The summed E-state index contributed by atoms with van der Waals surface area (Å²) in [7, 11) is 0. The van der Waals surface area contributed by atoms with Gasteiger partial charge in [0.1, 0.15) is 11.3 Å². The van der Waals surface area contributed by atoms with Gasteiger partial charge in [0.25, 0.3) is 0 Å². The predicted octanol–water partition coefficient (Wildman–Crippen LogP) is 7.79. The van der Waals surface area contributed by atoms with E-state index in [9.17, 15) is 0 Å². The Labute approximate surface area is 186 Å². The zero-order valence-corrected chi connectivity index (χ0v) is 18.0. The molecular formula is C29H25N3. The summed E-state index contributed by atoms with van der Waals surface area (Å²) in [5.41, 5.74) is 5.87. The summed E-state index contributed by atoms with van der Waals surface area (Å²) in [6.45, 7) is 0. The smallest absolute Gasteiger partial charge is 0.148 e. The van der Waals surface area contributed by atoms with Crippen molar-refractivity contribution in [3.8, 4) is 5.69 Å². The molecule has 0 spiro atoms. The molecule has 6 aromatic rings. The first-order chi connectivity index (χ1) is 15.9. The Kier molecular flexibility index (Phi) is 3.92. The molecule has 0 unspecified atom stereocenters. The molecule has 0 atom stereocenters. The minimum atomic E-state index is 0.533. The molecule has 3 nitrogen and oxygen atoms in total. The lowest BCUT2D eigenvalue weighted by molar-refractivity contribution is 0.366. The first-order valence-corrected chi connectivity index (χ1v) is 11.8. The largest absolute Gasteiger partial charge is 0.322 e. The highest BCUT2D eigenvalue weighted by Gasteiger charge is 2.23. The Balaban J connectivity index is 1.65. The van der Waals surface area contributed by atoms with E-state index >= 15 is 0 Å². The van der Waals surface area contributed by atoms with Gasteiger partial charge in [-0.2, -0.15) is 0 Å². The van der Waals surface area contributed by atoms with Crippen LogP contribution in [0.2, 0.25) is 0 Å². The highest BCUT2D eigenvalue weighted by atomic mass is 15.1. The highest BCUT2D eigenvalue weighted by molar-refractivity contribution is 6.16. The predicted molar refractivity (Wildman–Crippen MR) is 134 cm³/mol. The highest BCUT2D eigenvalue weighted by Crippen LogP contribution is 2.40. The van der Waals surface area contributed by atoms with Gasteiger partial charge in [-0.25, -0.2) is 4.98 Å². The number of hydrogen-bond acceptors (Lipinski definition) is 1. The monoisotopic (exact) mass is 415 g/mol. The number of para-hydroxylation sites is 3. The summed E-state index contributed by atoms with van der Waals surface area (Å²) in [5, 5.41) is 5.08. The van der Waals surface area contributed by atoms with E-state index in [1.165, 1.54) is 64.7 Å². The van der Waals surface area contributed by atoms with Crippen LogP contribution in [0.25, 0.3) is 49.6 Å². The maximum absolute atomic E-state index is 5.43. The number of pyridine rings is 1. The van der Waals surface area contributed by atoms with Crippen molar-refractivity contribution in [2.75, 3.05) is 0 Å². The molecule has 0 radical (unpaired) electrons. The van der Waals surface area contributed by atoms with Crippen LogP contribution in [0.4, 0.5) is 0 Å². The van der Waals surface area contributed by atoms with E-state index < -0.39 is 0 Å². The minimum Gasteiger partial charge on any atom is -0.322 e. The van der Waals surface area contributed by atoms with E-state index in [0.29, 0.717) is 6.04 Å². The molecule has 156 valence electrons. The molecule has 7 rings (SSSR count). The van der Waals surface area contributed by atoms with Crippen LogP contribution in [0.1, 0.15) is 38.1 Å². The number of hydrogen-bond donors (Lipinski definition) is 0. The molecule has 0 aliphatic heterocycles. The van der Waals surface area contributed by atoms with Crippen LogP contribution in [0.5, 0.6) is 0 Å². The topological polar surface area (TPSA) is 22.8 Å². The lowest BCUT2D eigenvalue weighted by atomic mass is 9.95. The SMILES string of the molecule is c1ccc(-n2c3ccccc3c3cc4c5ccccc5n(C5CCCCC5)c4nc32)cc1. The van der Waals surface area contributed by atoms with Crippen LogP contribution in [0.15, 0.2) is 84.9 Å². The number of benzene rings is 3. The van der Waals surface area contributed by atoms with Crippen LogP contribution in [-0.2, 0) is 0 Å². The second-order valence-electron chi connectivity index (χ2n) is 9.10. The third-order valence-electron chi connectivity index (χ3n) is 7.27. The molecule has 1 saturated carbocycles. The Morgan fingerprint density at radius 1 is 0.594 bits per heavy atom. The normalized spacial score (nSPS) is 15.4. The zero-order chi connectivity index (χ0) is 21.1. The van der Waals surface area contributed by atoms with Gasteiger partial charge in [-0.15, -0.1) is 0 Å². The summed E-state index contributed by atoms with van der Waals surface area (Å²) >= 11 is 0. The van der Waals surface area contributed by atoms with Crippen LogP contribution in [-0.4, -0.2) is 14.1 Å². The summed E-state index contributed by atoms with van der Waals surface area (Å²) < 4.78 is 4.88. The van der Waals surface area contributed by atoms with Crippen molar-refractivity contribution in [3.05, 3.63) is 84.9 Å². The second-order valence-corrected chi connectivity index (χ2v) is 9.10. The zero-order valence-electron chi connectivity index (χ0n) is 18.0. The van der Waals surface area contributed by atoms with Gasteiger partial charge in [0.15, 0.2) is 0 Å². The second kappa shape index (κ2) is 6.96. The van der Waals surface area contributed by atoms with Crippen LogP contribution in [0, 0.1) is 0 Å². The Bertz CT molecular complexity index is 1600. The summed E-state index contributed by atoms with van der Waals surface area (Å²) in [6, 6.07) is 31.1. The summed E-state index contributed by atoms with van der Waals surface area (Å²) in [4.78, 5) is 5.43. The standard InChI is InChI=1S/C29H25N3/c1-3-11-20(12-4-1)31-26-17-9-7-15-22(26)24-19-25-23-16-8-10-18-27(23)32(29(25)30-28(24)31)21-13-5-2-6-14-21/h1,3-4,7-12,15-19,21H,2,5-6,13-14H2. The molecule has 32 heavy (non-hydrogen) atoms. The maximum Gasteiger partial charge on any atom is 0.148 e. The van der Waals surface area contributed by atoms with Gasteiger partial charge in [0.05, 0.1) is 11.0 Å². The molecule has 3 aromatic carbocycles. The van der Waals surface area contributed by atoms with Gasteiger partial charge in [-0.3, -0.25) is 4.57 Å². The molecule has 1 aliphatic rings. The average molecular weight is 416 g/mol. The summed E-state index contributed by atoms with van der Waals surface area (Å²) in [5.74, 6) is 0. The van der Waals surface area contributed by atoms with E-state index in [1.54, 1.807) is 0 Å². The Morgan fingerprint density at radius 3 is 2.00 bits per heavy atom. The first kappa shape index (κ1) is 18.0. The number of aromatic nitrogens is 3. The molecule has 0 N–H and O–H groups in total. The van der Waals surface area contributed by atoms with Gasteiger partial charge in [0.2, 0.25) is 0 Å². The molecule has 0 amide bonds. The van der Waals surface area contributed by atoms with E-state index in [2.05, 4.69) is 94.1 Å². The van der Waals surface area contributed by atoms with E-state index in [4.69, 9.17) is 4.98 Å². The fourth-order valence-electron chi connectivity index (χ4n) is 5.83. The van der Waals surface area contributed by atoms with Crippen LogP contribution < -0.4 is 0 Å². The lowest BCUT2D eigenvalue weighted by Gasteiger charge is -2.24. The molecule has 0 bridgehead atoms. The van der Waals surface area contributed by atoms with Gasteiger partial charge < -0.3 is 4.57 Å². The van der Waals surface area contributed by atoms with Crippen LogP contribution >= 0.6 is 0 Å². The van der Waals surface area contributed by atoms with Crippen molar-refractivity contribution >= 4 is 43.9 Å². The van der Waals surface area contributed by atoms with Crippen LogP contribution in [0.3, 0.4) is 0 Å². The van der Waals surface area contributed by atoms with Gasteiger partial charge >= 0.3 is 0 Å². The van der Waals surface area contributed by atoms with Crippen molar-refractivity contribution in [1.29, 1.82) is 0 Å². The van der Waals surface area contributed by atoms with E-state index in [-0.39, 0.29) is 0 Å². The fraction of sp³-hybridized carbons (Fsp3) is 0.207. The molecular weight excluding hydrogens is 390 g/mol. The first-order valence-electron chi connectivity index (χ1n) is 11.8. The van der Waals surface area contributed by atoms with Crippen molar-refractivity contribution in [3.63, 3.8) is 0 Å². The lowest BCUT2D eigenvalue weighted by Crippen LogP contribution is -2.13. The molecule has 0 saturated heterocycles. The average Bonchev–Trinajstić information content (AvgIpc) is 3.36. The number of nitrogens with zero attached hydrogens (tertiary/aromatic N) is 3. The molecule has 3 heterocycles. The maximum atomic E-state index is 5.43. The van der Waals surface area contributed by atoms with Gasteiger partial charge in [-0.05, 0) is 43.2 Å². The summed E-state index contributed by atoms with van der Waals surface area (Å²) in [6.07, 6.45) is 6.47. The quantitative estimate of drug-likeness (QED) is 0.283. The van der Waals surface area contributed by atoms with Crippen molar-refractivity contribution in [1.82, 2.24) is 14.1 Å². The van der Waals surface area contributed by atoms with Crippen molar-refractivity contribution < 1.29 is 0 Å². The van der Waals surface area contributed by atoms with Crippen molar-refractivity contribution in [2.24, 2.45) is 0 Å². The van der Waals surface area contributed by atoms with E-state index in [1.807, 2.05) is 0 Å². The molecule has 3 heteroatoms. The molecule has 1 fully saturated rings. The van der Waals surface area contributed by atoms with E-state index in [0.717, 1.165) is 17.0 Å².